The standard InChI is InChI=1S/C10H15BrN4O3S/c1-10(2,9(12)16)15-19(17,18)7-4-6(11)5-14-8(7)13-3/h4-5,15H,1-3H3,(H2,12,16)(H,13,14). The number of nitrogens with one attached hydrogen (secondary N) is 2. The molecule has 1 aromatic heterocycles. The van der Waals surface area contributed by atoms with E-state index in [9.17, 15) is 13.2 Å². The maximum atomic E-state index is 12.3. The van der Waals surface area contributed by atoms with Crippen LogP contribution >= 0.6 is 15.9 Å². The molecule has 0 aliphatic carbocycles. The SMILES string of the molecule is CNc1ncc(Br)cc1S(=O)(=O)NC(C)(C)C(N)=O. The summed E-state index contributed by atoms with van der Waals surface area (Å²) in [6, 6.07) is 1.39. The zero-order valence-electron chi connectivity index (χ0n) is 10.7. The molecule has 106 valence electrons. The number of primary amides is 1. The Kier molecular flexibility index (Phi) is 4.54. The second-order valence-corrected chi connectivity index (χ2v) is 6.91. The molecule has 0 saturated carbocycles. The normalized spacial score (nSPS) is 12.2. The molecular formula is C10H15BrN4O3S. The van der Waals surface area contributed by atoms with Crippen molar-refractivity contribution in [1.82, 2.24) is 9.71 Å². The molecular weight excluding hydrogens is 336 g/mol. The van der Waals surface area contributed by atoms with Crippen LogP contribution in [0.25, 0.3) is 0 Å². The first-order valence-corrected chi connectivity index (χ1v) is 7.55. The van der Waals surface area contributed by atoms with Gasteiger partial charge in [-0.2, -0.15) is 4.72 Å². The van der Waals surface area contributed by atoms with E-state index < -0.39 is 21.5 Å². The molecule has 0 spiro atoms. The van der Waals surface area contributed by atoms with E-state index in [-0.39, 0.29) is 10.7 Å². The van der Waals surface area contributed by atoms with Gasteiger partial charge in [0.1, 0.15) is 16.3 Å². The minimum atomic E-state index is -3.93. The molecule has 4 N–H and O–H groups in total. The van der Waals surface area contributed by atoms with Gasteiger partial charge in [-0.3, -0.25) is 4.79 Å². The van der Waals surface area contributed by atoms with Gasteiger partial charge in [0.25, 0.3) is 0 Å². The molecule has 1 amide bonds. The van der Waals surface area contributed by atoms with Crippen molar-refractivity contribution in [2.45, 2.75) is 24.3 Å². The third-order valence-corrected chi connectivity index (χ3v) is 4.45. The lowest BCUT2D eigenvalue weighted by Crippen LogP contribution is -2.52. The van der Waals surface area contributed by atoms with Crippen molar-refractivity contribution in [3.8, 4) is 0 Å². The number of pyridine rings is 1. The molecule has 7 nitrogen and oxygen atoms in total. The fraction of sp³-hybridized carbons (Fsp3) is 0.400. The smallest absolute Gasteiger partial charge is 0.245 e. The number of sulfonamides is 1. The second-order valence-electron chi connectivity index (χ2n) is 4.35. The van der Waals surface area contributed by atoms with Crippen LogP contribution in [0.2, 0.25) is 0 Å². The summed E-state index contributed by atoms with van der Waals surface area (Å²) in [6.45, 7) is 2.77. The number of anilines is 1. The van der Waals surface area contributed by atoms with Crippen molar-refractivity contribution in [3.05, 3.63) is 16.7 Å². The molecule has 0 aliphatic heterocycles. The highest BCUT2D eigenvalue weighted by Gasteiger charge is 2.32. The fourth-order valence-corrected chi connectivity index (χ4v) is 3.31. The van der Waals surface area contributed by atoms with Gasteiger partial charge in [0.05, 0.1) is 0 Å². The molecule has 0 atom stereocenters. The lowest BCUT2D eigenvalue weighted by Gasteiger charge is -2.22. The number of hydrogen-bond acceptors (Lipinski definition) is 5. The molecule has 9 heteroatoms. The molecule has 1 rings (SSSR count). The second kappa shape index (κ2) is 5.43. The van der Waals surface area contributed by atoms with Crippen LogP contribution in [0, 0.1) is 0 Å². The third-order valence-electron chi connectivity index (χ3n) is 2.35. The number of carbonyl (C=O) groups is 1. The topological polar surface area (TPSA) is 114 Å². The number of aromatic nitrogens is 1. The van der Waals surface area contributed by atoms with Gasteiger partial charge in [0.2, 0.25) is 15.9 Å². The van der Waals surface area contributed by atoms with Crippen molar-refractivity contribution in [2.75, 3.05) is 12.4 Å². The summed E-state index contributed by atoms with van der Waals surface area (Å²) in [5.41, 5.74) is 3.75. The first kappa shape index (κ1) is 15.9. The number of halogens is 1. The number of hydrogen-bond donors (Lipinski definition) is 3. The average Bonchev–Trinajstić information content (AvgIpc) is 2.27. The first-order valence-electron chi connectivity index (χ1n) is 5.27. The Morgan fingerprint density at radius 2 is 2.05 bits per heavy atom. The van der Waals surface area contributed by atoms with Crippen molar-refractivity contribution < 1.29 is 13.2 Å². The fourth-order valence-electron chi connectivity index (χ4n) is 1.25. The first-order chi connectivity index (χ1) is 8.60. The van der Waals surface area contributed by atoms with Gasteiger partial charge in [0, 0.05) is 17.7 Å². The van der Waals surface area contributed by atoms with E-state index in [2.05, 4.69) is 31.0 Å². The number of amides is 1. The monoisotopic (exact) mass is 350 g/mol. The van der Waals surface area contributed by atoms with Crippen LogP contribution in [0.15, 0.2) is 21.6 Å². The Labute approximate surface area is 120 Å². The molecule has 0 aliphatic rings. The summed E-state index contributed by atoms with van der Waals surface area (Å²) >= 11 is 3.15. The van der Waals surface area contributed by atoms with Crippen molar-refractivity contribution in [3.63, 3.8) is 0 Å². The van der Waals surface area contributed by atoms with Gasteiger partial charge in [-0.25, -0.2) is 13.4 Å². The Bertz CT molecular complexity index is 601. The maximum Gasteiger partial charge on any atom is 0.245 e. The summed E-state index contributed by atoms with van der Waals surface area (Å²) in [5.74, 6) is -0.596. The maximum absolute atomic E-state index is 12.3. The van der Waals surface area contributed by atoms with Crippen LogP contribution in [0.4, 0.5) is 5.82 Å². The molecule has 0 bridgehead atoms. The lowest BCUT2D eigenvalue weighted by atomic mass is 10.1. The molecule has 0 fully saturated rings. The summed E-state index contributed by atoms with van der Waals surface area (Å²) in [7, 11) is -2.38. The van der Waals surface area contributed by atoms with Gasteiger partial charge in [-0.1, -0.05) is 0 Å². The zero-order valence-corrected chi connectivity index (χ0v) is 13.1. The minimum absolute atomic E-state index is 0.0706. The Morgan fingerprint density at radius 3 is 2.53 bits per heavy atom. The zero-order chi connectivity index (χ0) is 14.8. The van der Waals surface area contributed by atoms with E-state index in [4.69, 9.17) is 5.73 Å². The Hall–Kier alpha value is -1.19. The summed E-state index contributed by atoms with van der Waals surface area (Å²) in [6.07, 6.45) is 1.46. The number of rotatable bonds is 5. The average molecular weight is 351 g/mol. The van der Waals surface area contributed by atoms with Gasteiger partial charge in [-0.05, 0) is 35.8 Å². The van der Waals surface area contributed by atoms with Crippen LogP contribution in [-0.2, 0) is 14.8 Å². The van der Waals surface area contributed by atoms with Gasteiger partial charge in [-0.15, -0.1) is 0 Å². The van der Waals surface area contributed by atoms with E-state index in [0.29, 0.717) is 4.47 Å². The summed E-state index contributed by atoms with van der Waals surface area (Å²) in [5, 5.41) is 2.68. The molecule has 0 aromatic carbocycles. The van der Waals surface area contributed by atoms with Crippen molar-refractivity contribution >= 4 is 37.7 Å². The molecule has 0 saturated heterocycles. The van der Waals surface area contributed by atoms with Gasteiger partial charge < -0.3 is 11.1 Å². The van der Waals surface area contributed by atoms with Crippen LogP contribution in [0.1, 0.15) is 13.8 Å². The largest absolute Gasteiger partial charge is 0.372 e. The van der Waals surface area contributed by atoms with Crippen LogP contribution in [0.5, 0.6) is 0 Å². The summed E-state index contributed by atoms with van der Waals surface area (Å²) < 4.78 is 27.3. The lowest BCUT2D eigenvalue weighted by molar-refractivity contribution is -0.122. The minimum Gasteiger partial charge on any atom is -0.372 e. The predicted octanol–water partition coefficient (Wildman–Crippen LogP) is 0.428. The van der Waals surface area contributed by atoms with Gasteiger partial charge >= 0.3 is 0 Å². The van der Waals surface area contributed by atoms with Crippen LogP contribution < -0.4 is 15.8 Å². The quantitative estimate of drug-likeness (QED) is 0.712. The summed E-state index contributed by atoms with van der Waals surface area (Å²) in [4.78, 5) is 15.1. The van der Waals surface area contributed by atoms with Crippen LogP contribution in [-0.4, -0.2) is 31.9 Å². The Balaban J connectivity index is 3.28. The van der Waals surface area contributed by atoms with E-state index in [1.54, 1.807) is 7.05 Å². The molecule has 19 heavy (non-hydrogen) atoms. The molecule has 0 radical (unpaired) electrons. The highest BCUT2D eigenvalue weighted by atomic mass is 79.9. The van der Waals surface area contributed by atoms with Crippen molar-refractivity contribution in [1.29, 1.82) is 0 Å². The Morgan fingerprint density at radius 1 is 1.47 bits per heavy atom. The predicted molar refractivity (Wildman–Crippen MR) is 75.1 cm³/mol. The van der Waals surface area contributed by atoms with E-state index in [1.807, 2.05) is 0 Å². The molecule has 1 aromatic rings. The van der Waals surface area contributed by atoms with E-state index >= 15 is 0 Å². The van der Waals surface area contributed by atoms with E-state index in [1.165, 1.54) is 26.1 Å². The van der Waals surface area contributed by atoms with Crippen LogP contribution in [0.3, 0.4) is 0 Å². The molecule has 1 heterocycles. The number of nitrogens with zero attached hydrogens (tertiary/aromatic N) is 1. The van der Waals surface area contributed by atoms with E-state index in [0.717, 1.165) is 0 Å². The number of nitrogens with two attached hydrogens (primary N) is 1. The number of carbonyl (C=O) groups excluding carboxylic acids is 1. The van der Waals surface area contributed by atoms with Gasteiger partial charge in [0.15, 0.2) is 0 Å². The highest BCUT2D eigenvalue weighted by Crippen LogP contribution is 2.23. The van der Waals surface area contributed by atoms with Crippen molar-refractivity contribution in [2.24, 2.45) is 5.73 Å². The third kappa shape index (κ3) is 3.64. The molecule has 0 unspecified atom stereocenters. The highest BCUT2D eigenvalue weighted by molar-refractivity contribution is 9.10.